The summed E-state index contributed by atoms with van der Waals surface area (Å²) in [4.78, 5) is 39.2. The van der Waals surface area contributed by atoms with Crippen LogP contribution in [0.25, 0.3) is 6.08 Å². The maximum absolute atomic E-state index is 13.2. The molecular weight excluding hydrogens is 428 g/mol. The van der Waals surface area contributed by atoms with E-state index in [1.54, 1.807) is 38.3 Å². The van der Waals surface area contributed by atoms with Crippen LogP contribution in [-0.4, -0.2) is 25.0 Å². The number of hydrogen-bond donors (Lipinski definition) is 1. The van der Waals surface area contributed by atoms with Crippen LogP contribution in [0.5, 0.6) is 5.75 Å². The third kappa shape index (κ3) is 4.62. The van der Waals surface area contributed by atoms with Crippen molar-refractivity contribution >= 4 is 29.6 Å². The smallest absolute Gasteiger partial charge is 0.335 e. The quantitative estimate of drug-likeness (QED) is 0.441. The van der Waals surface area contributed by atoms with Crippen molar-refractivity contribution in [2.45, 2.75) is 27.2 Å². The molecule has 0 saturated carbocycles. The van der Waals surface area contributed by atoms with Crippen LogP contribution in [-0.2, 0) is 16.0 Å². The highest BCUT2D eigenvalue weighted by Crippen LogP contribution is 2.28. The van der Waals surface area contributed by atoms with Crippen molar-refractivity contribution in [2.75, 3.05) is 12.0 Å². The van der Waals surface area contributed by atoms with Gasteiger partial charge in [0.05, 0.1) is 12.8 Å². The molecule has 0 unspecified atom stereocenters. The predicted molar refractivity (Wildman–Crippen MR) is 132 cm³/mol. The number of barbiturate groups is 1. The second-order valence-electron chi connectivity index (χ2n) is 8.49. The highest BCUT2D eigenvalue weighted by atomic mass is 16.5. The van der Waals surface area contributed by atoms with Gasteiger partial charge in [-0.1, -0.05) is 59.7 Å². The van der Waals surface area contributed by atoms with E-state index >= 15 is 0 Å². The van der Waals surface area contributed by atoms with E-state index in [0.717, 1.165) is 16.0 Å². The number of anilines is 1. The van der Waals surface area contributed by atoms with Gasteiger partial charge in [0.25, 0.3) is 11.8 Å². The predicted octanol–water partition coefficient (Wildman–Crippen LogP) is 4.88. The van der Waals surface area contributed by atoms with E-state index in [2.05, 4.69) is 37.4 Å². The van der Waals surface area contributed by atoms with E-state index in [4.69, 9.17) is 4.74 Å². The molecule has 1 saturated heterocycles. The maximum Gasteiger partial charge on any atom is 0.335 e. The van der Waals surface area contributed by atoms with Gasteiger partial charge in [0.2, 0.25) is 0 Å². The number of nitrogens with zero attached hydrogens (tertiary/aromatic N) is 1. The Labute approximate surface area is 198 Å². The first-order valence-electron chi connectivity index (χ1n) is 11.0. The average molecular weight is 455 g/mol. The summed E-state index contributed by atoms with van der Waals surface area (Å²) in [6.45, 7) is 5.94. The number of hydrogen-bond acceptors (Lipinski definition) is 4. The summed E-state index contributed by atoms with van der Waals surface area (Å²) in [6, 6.07) is 18.2. The van der Waals surface area contributed by atoms with Crippen molar-refractivity contribution in [3.63, 3.8) is 0 Å². The summed E-state index contributed by atoms with van der Waals surface area (Å²) < 4.78 is 5.61. The standard InChI is InChI=1S/C28H26N2O4/c1-17-11-18(2)13-21(12-17)14-22-10-9-20(16-25(22)34-4)15-23-26(31)29-28(33)30(27(23)32)24-8-6-5-7-19(24)3/h5-13,15-16H,14H2,1-4H3,(H,29,31,33)/b23-15+. The van der Waals surface area contributed by atoms with E-state index in [0.29, 0.717) is 23.4 Å². The van der Waals surface area contributed by atoms with Gasteiger partial charge in [0.15, 0.2) is 0 Å². The van der Waals surface area contributed by atoms with Crippen LogP contribution >= 0.6 is 0 Å². The minimum absolute atomic E-state index is 0.119. The van der Waals surface area contributed by atoms with Crippen LogP contribution in [0.4, 0.5) is 10.5 Å². The zero-order valence-electron chi connectivity index (χ0n) is 19.6. The van der Waals surface area contributed by atoms with Crippen LogP contribution in [0.1, 0.15) is 33.4 Å². The Hall–Kier alpha value is -4.19. The Morgan fingerprint density at radius 2 is 1.62 bits per heavy atom. The number of aryl methyl sites for hydroxylation is 3. The molecule has 0 atom stereocenters. The lowest BCUT2D eigenvalue weighted by Crippen LogP contribution is -2.54. The SMILES string of the molecule is COc1cc(/C=C2\C(=O)NC(=O)N(c3ccccc3C)C2=O)ccc1Cc1cc(C)cc(C)c1. The molecule has 1 fully saturated rings. The first-order valence-corrected chi connectivity index (χ1v) is 11.0. The number of para-hydroxylation sites is 1. The summed E-state index contributed by atoms with van der Waals surface area (Å²) in [5, 5.41) is 2.27. The summed E-state index contributed by atoms with van der Waals surface area (Å²) in [5.41, 5.74) is 6.25. The lowest BCUT2D eigenvalue weighted by molar-refractivity contribution is -0.122. The van der Waals surface area contributed by atoms with Crippen molar-refractivity contribution in [3.05, 3.63) is 99.6 Å². The first-order chi connectivity index (χ1) is 16.3. The van der Waals surface area contributed by atoms with Gasteiger partial charge < -0.3 is 4.74 Å². The third-order valence-corrected chi connectivity index (χ3v) is 5.76. The number of rotatable bonds is 5. The number of urea groups is 1. The average Bonchev–Trinajstić information content (AvgIpc) is 2.78. The maximum atomic E-state index is 13.2. The van der Waals surface area contributed by atoms with Crippen molar-refractivity contribution in [1.29, 1.82) is 0 Å². The van der Waals surface area contributed by atoms with Crippen molar-refractivity contribution in [3.8, 4) is 5.75 Å². The van der Waals surface area contributed by atoms with E-state index in [1.165, 1.54) is 22.8 Å². The summed E-state index contributed by atoms with van der Waals surface area (Å²) in [6.07, 6.45) is 2.18. The molecule has 6 heteroatoms. The second-order valence-corrected chi connectivity index (χ2v) is 8.49. The number of carbonyl (C=O) groups excluding carboxylic acids is 3. The van der Waals surface area contributed by atoms with E-state index in [-0.39, 0.29) is 5.57 Å². The molecule has 3 aromatic rings. The number of amides is 4. The lowest BCUT2D eigenvalue weighted by atomic mass is 9.98. The Morgan fingerprint density at radius 1 is 0.912 bits per heavy atom. The van der Waals surface area contributed by atoms with Gasteiger partial charge in [-0.3, -0.25) is 14.9 Å². The van der Waals surface area contributed by atoms with Crippen molar-refractivity contribution in [2.24, 2.45) is 0 Å². The molecule has 1 aliphatic rings. The molecule has 1 N–H and O–H groups in total. The van der Waals surface area contributed by atoms with E-state index in [1.807, 2.05) is 18.2 Å². The Bertz CT molecular complexity index is 1320. The van der Waals surface area contributed by atoms with Gasteiger partial charge in [0, 0.05) is 6.42 Å². The highest BCUT2D eigenvalue weighted by molar-refractivity contribution is 6.39. The second kappa shape index (κ2) is 9.35. The number of imide groups is 2. The normalized spacial score (nSPS) is 15.0. The molecule has 4 rings (SSSR count). The molecule has 0 aromatic heterocycles. The monoisotopic (exact) mass is 454 g/mol. The van der Waals surface area contributed by atoms with Crippen LogP contribution in [0.15, 0.2) is 66.2 Å². The Morgan fingerprint density at radius 3 is 2.29 bits per heavy atom. The molecule has 0 aliphatic carbocycles. The van der Waals surface area contributed by atoms with Crippen molar-refractivity contribution < 1.29 is 19.1 Å². The number of ether oxygens (including phenoxy) is 1. The summed E-state index contributed by atoms with van der Waals surface area (Å²) >= 11 is 0. The van der Waals surface area contributed by atoms with Crippen LogP contribution in [0.2, 0.25) is 0 Å². The molecule has 172 valence electrons. The van der Waals surface area contributed by atoms with Crippen LogP contribution < -0.4 is 15.0 Å². The van der Waals surface area contributed by atoms with Gasteiger partial charge in [-0.05, 0) is 61.2 Å². The zero-order valence-corrected chi connectivity index (χ0v) is 19.6. The zero-order chi connectivity index (χ0) is 24.4. The van der Waals surface area contributed by atoms with E-state index in [9.17, 15) is 14.4 Å². The highest BCUT2D eigenvalue weighted by Gasteiger charge is 2.37. The van der Waals surface area contributed by atoms with Gasteiger partial charge in [0.1, 0.15) is 11.3 Å². The number of methoxy groups -OCH3 is 1. The fraction of sp³-hybridized carbons (Fsp3) is 0.179. The summed E-state index contributed by atoms with van der Waals surface area (Å²) in [5.74, 6) is -0.733. The molecule has 3 aromatic carbocycles. The molecule has 0 radical (unpaired) electrons. The largest absolute Gasteiger partial charge is 0.496 e. The molecule has 0 spiro atoms. The van der Waals surface area contributed by atoms with Crippen LogP contribution in [0, 0.1) is 20.8 Å². The molecule has 1 heterocycles. The molecule has 0 bridgehead atoms. The molecule has 4 amide bonds. The Balaban J connectivity index is 1.67. The minimum Gasteiger partial charge on any atom is -0.496 e. The molecule has 34 heavy (non-hydrogen) atoms. The van der Waals surface area contributed by atoms with E-state index < -0.39 is 17.8 Å². The van der Waals surface area contributed by atoms with Gasteiger partial charge in [-0.25, -0.2) is 9.69 Å². The summed E-state index contributed by atoms with van der Waals surface area (Å²) in [7, 11) is 1.59. The topological polar surface area (TPSA) is 75.7 Å². The lowest BCUT2D eigenvalue weighted by Gasteiger charge is -2.27. The molecule has 6 nitrogen and oxygen atoms in total. The third-order valence-electron chi connectivity index (χ3n) is 5.76. The fourth-order valence-corrected chi connectivity index (χ4v) is 4.25. The molecule has 1 aliphatic heterocycles. The number of carbonyl (C=O) groups is 3. The Kier molecular flexibility index (Phi) is 6.32. The fourth-order valence-electron chi connectivity index (χ4n) is 4.25. The van der Waals surface area contributed by atoms with Gasteiger partial charge in [-0.2, -0.15) is 0 Å². The minimum atomic E-state index is -0.761. The number of nitrogens with one attached hydrogen (secondary N) is 1. The first kappa shape index (κ1) is 23.0. The van der Waals surface area contributed by atoms with Gasteiger partial charge >= 0.3 is 6.03 Å². The van der Waals surface area contributed by atoms with Crippen molar-refractivity contribution in [1.82, 2.24) is 5.32 Å². The number of benzene rings is 3. The van der Waals surface area contributed by atoms with Gasteiger partial charge in [-0.15, -0.1) is 0 Å². The molecular formula is C28H26N2O4. The van der Waals surface area contributed by atoms with Crippen LogP contribution in [0.3, 0.4) is 0 Å².